The number of aliphatic hydroxyl groups excluding tert-OH is 1. The molecule has 3 aromatic rings. The molecule has 0 saturated heterocycles. The van der Waals surface area contributed by atoms with E-state index in [-0.39, 0.29) is 17.7 Å². The molecule has 30 heavy (non-hydrogen) atoms. The molecule has 0 radical (unpaired) electrons. The maximum absolute atomic E-state index is 12.8. The molecular formula is C22H32N6O2. The molecule has 2 aromatic heterocycles. The molecule has 2 N–H and O–H groups in total. The summed E-state index contributed by atoms with van der Waals surface area (Å²) >= 11 is 0. The van der Waals surface area contributed by atoms with Crippen LogP contribution in [-0.4, -0.2) is 48.3 Å². The monoisotopic (exact) mass is 412 g/mol. The van der Waals surface area contributed by atoms with Crippen LogP contribution >= 0.6 is 0 Å². The van der Waals surface area contributed by atoms with Crippen molar-refractivity contribution in [1.82, 2.24) is 30.1 Å². The van der Waals surface area contributed by atoms with Crippen LogP contribution in [0.4, 0.5) is 0 Å². The Balaban J connectivity index is 1.92. The zero-order valence-corrected chi connectivity index (χ0v) is 18.6. The van der Waals surface area contributed by atoms with E-state index < -0.39 is 0 Å². The highest BCUT2D eigenvalue weighted by Crippen LogP contribution is 2.21. The molecule has 0 saturated carbocycles. The lowest BCUT2D eigenvalue weighted by atomic mass is 10.0. The summed E-state index contributed by atoms with van der Waals surface area (Å²) in [4.78, 5) is 17.9. The summed E-state index contributed by atoms with van der Waals surface area (Å²) in [6.45, 7) is 12.1. The Morgan fingerprint density at radius 2 is 1.97 bits per heavy atom. The Bertz CT molecular complexity index is 1070. The number of H-pyrrole nitrogens is 1. The molecule has 0 amide bonds. The molecule has 8 nitrogen and oxygen atoms in total. The summed E-state index contributed by atoms with van der Waals surface area (Å²) in [5.41, 5.74) is 3.51. The van der Waals surface area contributed by atoms with Gasteiger partial charge >= 0.3 is 0 Å². The lowest BCUT2D eigenvalue weighted by Gasteiger charge is -2.26. The SMILES string of the molecule is CCC(C)(C)n1nnnc1CN(CCCO)Cc1cc2cc(C)cc(C)c2[nH]c1=O. The van der Waals surface area contributed by atoms with E-state index in [0.717, 1.165) is 34.3 Å². The molecule has 0 spiro atoms. The Kier molecular flexibility index (Phi) is 6.67. The highest BCUT2D eigenvalue weighted by Gasteiger charge is 2.24. The van der Waals surface area contributed by atoms with Crippen LogP contribution < -0.4 is 5.56 Å². The number of hydrogen-bond acceptors (Lipinski definition) is 6. The first-order valence-corrected chi connectivity index (χ1v) is 10.5. The van der Waals surface area contributed by atoms with E-state index in [4.69, 9.17) is 0 Å². The number of nitrogens with one attached hydrogen (secondary N) is 1. The van der Waals surface area contributed by atoms with Crippen LogP contribution in [0.3, 0.4) is 0 Å². The smallest absolute Gasteiger partial charge is 0.252 e. The number of benzene rings is 1. The third kappa shape index (κ3) is 4.76. The van der Waals surface area contributed by atoms with E-state index in [2.05, 4.69) is 65.2 Å². The molecule has 0 aliphatic heterocycles. The average molecular weight is 413 g/mol. The fourth-order valence-electron chi connectivity index (χ4n) is 3.72. The zero-order chi connectivity index (χ0) is 21.9. The first kappa shape index (κ1) is 22.1. The molecule has 0 bridgehead atoms. The van der Waals surface area contributed by atoms with Gasteiger partial charge in [0.05, 0.1) is 17.6 Å². The topological polar surface area (TPSA) is 99.9 Å². The number of pyridine rings is 1. The second-order valence-electron chi connectivity index (χ2n) is 8.63. The summed E-state index contributed by atoms with van der Waals surface area (Å²) < 4.78 is 1.86. The van der Waals surface area contributed by atoms with E-state index in [1.54, 1.807) is 0 Å². The summed E-state index contributed by atoms with van der Waals surface area (Å²) in [7, 11) is 0. The number of rotatable bonds is 9. The Morgan fingerprint density at radius 3 is 2.67 bits per heavy atom. The Labute approximate surface area is 176 Å². The molecule has 8 heteroatoms. The van der Waals surface area contributed by atoms with Gasteiger partial charge in [0.1, 0.15) is 0 Å². The van der Waals surface area contributed by atoms with Gasteiger partial charge in [-0.1, -0.05) is 18.6 Å². The Hall–Kier alpha value is -2.58. The number of nitrogens with zero attached hydrogens (tertiary/aromatic N) is 5. The van der Waals surface area contributed by atoms with E-state index in [1.165, 1.54) is 0 Å². The summed E-state index contributed by atoms with van der Waals surface area (Å²) in [6.07, 6.45) is 1.51. The van der Waals surface area contributed by atoms with Crippen LogP contribution in [0.2, 0.25) is 0 Å². The molecule has 0 unspecified atom stereocenters. The summed E-state index contributed by atoms with van der Waals surface area (Å²) in [5, 5.41) is 22.7. The van der Waals surface area contributed by atoms with Crippen molar-refractivity contribution in [3.8, 4) is 0 Å². The minimum atomic E-state index is -0.197. The minimum absolute atomic E-state index is 0.0862. The van der Waals surface area contributed by atoms with Gasteiger partial charge in [0, 0.05) is 25.3 Å². The molecule has 162 valence electrons. The van der Waals surface area contributed by atoms with E-state index >= 15 is 0 Å². The van der Waals surface area contributed by atoms with E-state index in [1.807, 2.05) is 17.7 Å². The molecule has 0 atom stereocenters. The van der Waals surface area contributed by atoms with Gasteiger partial charge in [0.15, 0.2) is 5.82 Å². The van der Waals surface area contributed by atoms with Gasteiger partial charge in [-0.05, 0) is 74.0 Å². The number of aryl methyl sites for hydroxylation is 2. The van der Waals surface area contributed by atoms with Crippen LogP contribution in [0.25, 0.3) is 10.9 Å². The number of tetrazole rings is 1. The normalized spacial score (nSPS) is 12.2. The third-order valence-corrected chi connectivity index (χ3v) is 5.73. The quantitative estimate of drug-likeness (QED) is 0.560. The van der Waals surface area contributed by atoms with Crippen molar-refractivity contribution >= 4 is 10.9 Å². The van der Waals surface area contributed by atoms with Crippen LogP contribution in [0.1, 0.15) is 56.1 Å². The highest BCUT2D eigenvalue weighted by molar-refractivity contribution is 5.82. The van der Waals surface area contributed by atoms with Crippen LogP contribution in [-0.2, 0) is 18.6 Å². The summed E-state index contributed by atoms with van der Waals surface area (Å²) in [6, 6.07) is 6.13. The number of aliphatic hydroxyl groups is 1. The van der Waals surface area contributed by atoms with Crippen LogP contribution in [0.15, 0.2) is 23.0 Å². The molecule has 0 fully saturated rings. The van der Waals surface area contributed by atoms with Crippen molar-refractivity contribution in [1.29, 1.82) is 0 Å². The molecule has 1 aromatic carbocycles. The second-order valence-corrected chi connectivity index (χ2v) is 8.63. The lowest BCUT2D eigenvalue weighted by Crippen LogP contribution is -2.33. The third-order valence-electron chi connectivity index (χ3n) is 5.73. The van der Waals surface area contributed by atoms with Crippen molar-refractivity contribution in [3.63, 3.8) is 0 Å². The van der Waals surface area contributed by atoms with Crippen molar-refractivity contribution < 1.29 is 5.11 Å². The maximum atomic E-state index is 12.8. The second kappa shape index (κ2) is 9.06. The van der Waals surface area contributed by atoms with Gasteiger partial charge in [0.25, 0.3) is 5.56 Å². The predicted octanol–water partition coefficient (Wildman–Crippen LogP) is 2.66. The molecule has 3 rings (SSSR count). The van der Waals surface area contributed by atoms with Crippen molar-refractivity contribution in [2.24, 2.45) is 0 Å². The number of aromatic nitrogens is 5. The molecule has 0 aliphatic rings. The molecule has 2 heterocycles. The van der Waals surface area contributed by atoms with Gasteiger partial charge < -0.3 is 10.1 Å². The number of aromatic amines is 1. The van der Waals surface area contributed by atoms with Gasteiger partial charge in [-0.25, -0.2) is 4.68 Å². The van der Waals surface area contributed by atoms with Crippen molar-refractivity contribution in [2.45, 2.75) is 66.1 Å². The minimum Gasteiger partial charge on any atom is -0.396 e. The largest absolute Gasteiger partial charge is 0.396 e. The van der Waals surface area contributed by atoms with E-state index in [0.29, 0.717) is 31.6 Å². The fraction of sp³-hybridized carbons (Fsp3) is 0.545. The zero-order valence-electron chi connectivity index (χ0n) is 18.6. The predicted molar refractivity (Wildman–Crippen MR) is 117 cm³/mol. The first-order chi connectivity index (χ1) is 14.2. The lowest BCUT2D eigenvalue weighted by molar-refractivity contribution is 0.197. The fourth-order valence-corrected chi connectivity index (χ4v) is 3.72. The maximum Gasteiger partial charge on any atom is 0.252 e. The highest BCUT2D eigenvalue weighted by atomic mass is 16.3. The van der Waals surface area contributed by atoms with Crippen LogP contribution in [0.5, 0.6) is 0 Å². The number of fused-ring (bicyclic) bond motifs is 1. The standard InChI is InChI=1S/C22H32N6O2/c1-6-22(4,5)28-19(24-25-26-28)14-27(8-7-9-29)13-18-12-17-11-15(2)10-16(3)20(17)23-21(18)30/h10-12,29H,6-9,13-14H2,1-5H3,(H,23,30). The van der Waals surface area contributed by atoms with Gasteiger partial charge in [-0.3, -0.25) is 9.69 Å². The molecular weight excluding hydrogens is 380 g/mol. The van der Waals surface area contributed by atoms with E-state index in [9.17, 15) is 9.90 Å². The summed E-state index contributed by atoms with van der Waals surface area (Å²) in [5.74, 6) is 0.753. The number of hydrogen-bond donors (Lipinski definition) is 2. The average Bonchev–Trinajstić information content (AvgIpc) is 3.16. The van der Waals surface area contributed by atoms with Gasteiger partial charge in [-0.2, -0.15) is 0 Å². The van der Waals surface area contributed by atoms with Crippen LogP contribution in [0, 0.1) is 13.8 Å². The molecule has 0 aliphatic carbocycles. The van der Waals surface area contributed by atoms with Gasteiger partial charge in [-0.15, -0.1) is 5.10 Å². The van der Waals surface area contributed by atoms with Gasteiger partial charge in [0.2, 0.25) is 0 Å². The van der Waals surface area contributed by atoms with Crippen molar-refractivity contribution in [2.75, 3.05) is 13.2 Å². The first-order valence-electron chi connectivity index (χ1n) is 10.5. The Morgan fingerprint density at radius 1 is 1.20 bits per heavy atom. The van der Waals surface area contributed by atoms with Crippen molar-refractivity contribution in [3.05, 3.63) is 51.1 Å².